The Morgan fingerprint density at radius 2 is 2.35 bits per heavy atom. The topological polar surface area (TPSA) is 64.2 Å². The SMILES string of the molecule is CCOC(=O)[C@@H](C)Oc1ccc2cn[nH]c2c1. The highest BCUT2D eigenvalue weighted by atomic mass is 16.6. The Morgan fingerprint density at radius 3 is 3.12 bits per heavy atom. The minimum Gasteiger partial charge on any atom is -0.479 e. The fourth-order valence-corrected chi connectivity index (χ4v) is 1.50. The molecule has 0 spiro atoms. The lowest BCUT2D eigenvalue weighted by molar-refractivity contribution is -0.150. The van der Waals surface area contributed by atoms with E-state index < -0.39 is 6.10 Å². The van der Waals surface area contributed by atoms with Gasteiger partial charge in [-0.3, -0.25) is 5.10 Å². The van der Waals surface area contributed by atoms with Crippen molar-refractivity contribution >= 4 is 16.9 Å². The third-order valence-electron chi connectivity index (χ3n) is 2.34. The lowest BCUT2D eigenvalue weighted by atomic mass is 10.2. The van der Waals surface area contributed by atoms with Gasteiger partial charge in [0.2, 0.25) is 0 Å². The highest BCUT2D eigenvalue weighted by Gasteiger charge is 2.15. The zero-order valence-electron chi connectivity index (χ0n) is 9.77. The number of fused-ring (bicyclic) bond motifs is 1. The number of rotatable bonds is 4. The van der Waals surface area contributed by atoms with Crippen molar-refractivity contribution in [2.75, 3.05) is 6.61 Å². The van der Waals surface area contributed by atoms with Gasteiger partial charge in [-0.1, -0.05) is 0 Å². The van der Waals surface area contributed by atoms with E-state index in [4.69, 9.17) is 9.47 Å². The zero-order chi connectivity index (χ0) is 12.3. The van der Waals surface area contributed by atoms with Gasteiger partial charge in [0, 0.05) is 11.5 Å². The van der Waals surface area contributed by atoms with Crippen LogP contribution in [0.1, 0.15) is 13.8 Å². The van der Waals surface area contributed by atoms with Gasteiger partial charge in [-0.2, -0.15) is 5.10 Å². The predicted molar refractivity (Wildman–Crippen MR) is 62.8 cm³/mol. The maximum Gasteiger partial charge on any atom is 0.347 e. The number of hydrogen-bond donors (Lipinski definition) is 1. The van der Waals surface area contributed by atoms with E-state index in [-0.39, 0.29) is 5.97 Å². The maximum atomic E-state index is 11.4. The second-order valence-corrected chi connectivity index (χ2v) is 3.63. The second-order valence-electron chi connectivity index (χ2n) is 3.63. The molecular weight excluding hydrogens is 220 g/mol. The predicted octanol–water partition coefficient (Wildman–Crippen LogP) is 1.89. The molecule has 0 amide bonds. The summed E-state index contributed by atoms with van der Waals surface area (Å²) in [5, 5.41) is 7.76. The smallest absolute Gasteiger partial charge is 0.347 e. The number of nitrogens with one attached hydrogen (secondary N) is 1. The van der Waals surface area contributed by atoms with Crippen LogP contribution < -0.4 is 4.74 Å². The highest BCUT2D eigenvalue weighted by Crippen LogP contribution is 2.19. The van der Waals surface area contributed by atoms with Gasteiger partial charge in [0.15, 0.2) is 6.10 Å². The Labute approximate surface area is 98.7 Å². The minimum absolute atomic E-state index is 0.353. The van der Waals surface area contributed by atoms with E-state index in [1.807, 2.05) is 6.07 Å². The summed E-state index contributed by atoms with van der Waals surface area (Å²) in [5.74, 6) is 0.250. The molecule has 5 heteroatoms. The molecule has 0 radical (unpaired) electrons. The van der Waals surface area contributed by atoms with E-state index in [0.717, 1.165) is 10.9 Å². The third-order valence-corrected chi connectivity index (χ3v) is 2.34. The van der Waals surface area contributed by atoms with Gasteiger partial charge in [0.05, 0.1) is 18.3 Å². The molecule has 5 nitrogen and oxygen atoms in total. The number of ether oxygens (including phenoxy) is 2. The molecule has 0 aliphatic carbocycles. The standard InChI is InChI=1S/C12H14N2O3/c1-3-16-12(15)8(2)17-10-5-4-9-7-13-14-11(9)6-10/h4-8H,3H2,1-2H3,(H,13,14)/t8-/m1/s1. The van der Waals surface area contributed by atoms with Gasteiger partial charge in [0.25, 0.3) is 0 Å². The summed E-state index contributed by atoms with van der Waals surface area (Å²) >= 11 is 0. The Kier molecular flexibility index (Phi) is 3.27. The summed E-state index contributed by atoms with van der Waals surface area (Å²) in [5.41, 5.74) is 0.874. The summed E-state index contributed by atoms with van der Waals surface area (Å²) in [6, 6.07) is 5.48. The van der Waals surface area contributed by atoms with Gasteiger partial charge in [-0.05, 0) is 26.0 Å². The number of nitrogens with zero attached hydrogens (tertiary/aromatic N) is 1. The lowest BCUT2D eigenvalue weighted by Gasteiger charge is -2.13. The average Bonchev–Trinajstić information content (AvgIpc) is 2.76. The van der Waals surface area contributed by atoms with Gasteiger partial charge in [-0.15, -0.1) is 0 Å². The van der Waals surface area contributed by atoms with E-state index in [1.54, 1.807) is 32.2 Å². The van der Waals surface area contributed by atoms with Crippen LogP contribution in [0.3, 0.4) is 0 Å². The normalized spacial score (nSPS) is 12.4. The van der Waals surface area contributed by atoms with Crippen molar-refractivity contribution in [1.82, 2.24) is 10.2 Å². The van der Waals surface area contributed by atoms with Crippen LogP contribution in [-0.2, 0) is 9.53 Å². The van der Waals surface area contributed by atoms with Crippen LogP contribution in [0.2, 0.25) is 0 Å². The van der Waals surface area contributed by atoms with E-state index in [0.29, 0.717) is 12.4 Å². The molecule has 1 aromatic heterocycles. The summed E-state index contributed by atoms with van der Waals surface area (Å²) in [6.45, 7) is 3.78. The first-order valence-corrected chi connectivity index (χ1v) is 5.47. The van der Waals surface area contributed by atoms with E-state index in [9.17, 15) is 4.79 Å². The van der Waals surface area contributed by atoms with Gasteiger partial charge < -0.3 is 9.47 Å². The molecule has 0 unspecified atom stereocenters. The van der Waals surface area contributed by atoms with E-state index in [2.05, 4.69) is 10.2 Å². The molecular formula is C12H14N2O3. The average molecular weight is 234 g/mol. The van der Waals surface area contributed by atoms with Crippen LogP contribution >= 0.6 is 0 Å². The minimum atomic E-state index is -0.615. The molecule has 0 bridgehead atoms. The summed E-state index contributed by atoms with van der Waals surface area (Å²) in [7, 11) is 0. The number of aromatic nitrogens is 2. The van der Waals surface area contributed by atoms with Crippen molar-refractivity contribution in [3.8, 4) is 5.75 Å². The van der Waals surface area contributed by atoms with Crippen molar-refractivity contribution in [3.63, 3.8) is 0 Å². The number of hydrogen-bond acceptors (Lipinski definition) is 4. The second kappa shape index (κ2) is 4.86. The number of esters is 1. The van der Waals surface area contributed by atoms with Crippen LogP contribution in [0.15, 0.2) is 24.4 Å². The van der Waals surface area contributed by atoms with Crippen molar-refractivity contribution in [1.29, 1.82) is 0 Å². The monoisotopic (exact) mass is 234 g/mol. The summed E-state index contributed by atoms with van der Waals surface area (Å²) < 4.78 is 10.3. The Hall–Kier alpha value is -2.04. The Morgan fingerprint density at radius 1 is 1.53 bits per heavy atom. The molecule has 1 aromatic carbocycles. The molecule has 0 saturated carbocycles. The quantitative estimate of drug-likeness (QED) is 0.820. The summed E-state index contributed by atoms with van der Waals surface area (Å²) in [6.07, 6.45) is 1.11. The van der Waals surface area contributed by atoms with Crippen molar-refractivity contribution in [2.45, 2.75) is 20.0 Å². The number of aromatic amines is 1. The number of H-pyrrole nitrogens is 1. The first kappa shape index (κ1) is 11.4. The fourth-order valence-electron chi connectivity index (χ4n) is 1.50. The van der Waals surface area contributed by atoms with Crippen LogP contribution in [0.5, 0.6) is 5.75 Å². The Balaban J connectivity index is 2.09. The third kappa shape index (κ3) is 2.55. The molecule has 2 aromatic rings. The molecule has 1 atom stereocenters. The molecule has 1 N–H and O–H groups in total. The first-order chi connectivity index (χ1) is 8.20. The summed E-state index contributed by atoms with van der Waals surface area (Å²) in [4.78, 5) is 11.4. The van der Waals surface area contributed by atoms with Crippen molar-refractivity contribution < 1.29 is 14.3 Å². The van der Waals surface area contributed by atoms with Crippen molar-refractivity contribution in [3.05, 3.63) is 24.4 Å². The lowest BCUT2D eigenvalue weighted by Crippen LogP contribution is -2.26. The zero-order valence-corrected chi connectivity index (χ0v) is 9.77. The van der Waals surface area contributed by atoms with Gasteiger partial charge >= 0.3 is 5.97 Å². The number of carbonyl (C=O) groups excluding carboxylic acids is 1. The first-order valence-electron chi connectivity index (χ1n) is 5.47. The van der Waals surface area contributed by atoms with Crippen LogP contribution in [0.4, 0.5) is 0 Å². The number of benzene rings is 1. The van der Waals surface area contributed by atoms with Crippen LogP contribution in [-0.4, -0.2) is 28.9 Å². The largest absolute Gasteiger partial charge is 0.479 e. The molecule has 17 heavy (non-hydrogen) atoms. The molecule has 1 heterocycles. The van der Waals surface area contributed by atoms with Crippen molar-refractivity contribution in [2.24, 2.45) is 0 Å². The number of carbonyl (C=O) groups is 1. The fraction of sp³-hybridized carbons (Fsp3) is 0.333. The van der Waals surface area contributed by atoms with E-state index in [1.165, 1.54) is 0 Å². The van der Waals surface area contributed by atoms with Crippen LogP contribution in [0.25, 0.3) is 10.9 Å². The highest BCUT2D eigenvalue weighted by molar-refractivity contribution is 5.79. The molecule has 0 aliphatic rings. The maximum absolute atomic E-state index is 11.4. The Bertz CT molecular complexity index is 521. The molecule has 90 valence electrons. The van der Waals surface area contributed by atoms with Crippen LogP contribution in [0, 0.1) is 0 Å². The molecule has 0 saturated heterocycles. The molecule has 2 rings (SSSR count). The van der Waals surface area contributed by atoms with Gasteiger partial charge in [-0.25, -0.2) is 4.79 Å². The van der Waals surface area contributed by atoms with E-state index >= 15 is 0 Å². The van der Waals surface area contributed by atoms with Gasteiger partial charge in [0.1, 0.15) is 5.75 Å². The molecule has 0 fully saturated rings. The molecule has 0 aliphatic heterocycles.